The summed E-state index contributed by atoms with van der Waals surface area (Å²) < 4.78 is 73.3. The van der Waals surface area contributed by atoms with E-state index in [-0.39, 0.29) is 43.5 Å². The zero-order valence-corrected chi connectivity index (χ0v) is 24.9. The van der Waals surface area contributed by atoms with Crippen LogP contribution in [0.2, 0.25) is 5.02 Å². The third kappa shape index (κ3) is 7.39. The first-order valence-corrected chi connectivity index (χ1v) is 16.9. The molecule has 1 aliphatic heterocycles. The molecule has 3 aliphatic rings. The van der Waals surface area contributed by atoms with E-state index in [1.54, 1.807) is 18.2 Å². The number of ether oxygens (including phenoxy) is 1. The average Bonchev–Trinajstić information content (AvgIpc) is 3.72. The molecule has 5 rings (SSSR count). The molecular formula is C27H31ClF2N3O7PS. The van der Waals surface area contributed by atoms with E-state index in [0.29, 0.717) is 40.8 Å². The molecule has 0 radical (unpaired) electrons. The number of nitrogens with one attached hydrogen (secondary N) is 1. The number of fused-ring (bicyclic) bond motifs is 3. The van der Waals surface area contributed by atoms with Crippen molar-refractivity contribution in [2.45, 2.75) is 47.8 Å². The minimum absolute atomic E-state index is 0.0756. The van der Waals surface area contributed by atoms with Crippen LogP contribution in [0.15, 0.2) is 59.3 Å². The third-order valence-electron chi connectivity index (χ3n) is 7.32. The third-order valence-corrected chi connectivity index (χ3v) is 10.3. The lowest BCUT2D eigenvalue weighted by atomic mass is 9.80. The number of phosphoric acid groups is 1. The number of hydrogen-bond acceptors (Lipinski definition) is 8. The molecule has 0 bridgehead atoms. The summed E-state index contributed by atoms with van der Waals surface area (Å²) in [6, 6.07) is 8.41. The monoisotopic (exact) mass is 645 g/mol. The number of anilines is 1. The van der Waals surface area contributed by atoms with Gasteiger partial charge in [0.15, 0.2) is 9.84 Å². The Balaban J connectivity index is 1.32. The summed E-state index contributed by atoms with van der Waals surface area (Å²) in [5.74, 6) is 0.960. The molecule has 1 saturated carbocycles. The highest BCUT2D eigenvalue weighted by molar-refractivity contribution is 7.92. The van der Waals surface area contributed by atoms with E-state index in [9.17, 15) is 21.8 Å². The number of halogens is 3. The molecule has 2 aromatic rings. The molecule has 1 aromatic carbocycles. The summed E-state index contributed by atoms with van der Waals surface area (Å²) in [6.07, 6.45) is 4.33. The van der Waals surface area contributed by atoms with Crippen LogP contribution in [0.5, 0.6) is 0 Å². The van der Waals surface area contributed by atoms with Crippen molar-refractivity contribution >= 4 is 40.7 Å². The quantitative estimate of drug-likeness (QED) is 0.197. The molecule has 0 saturated heterocycles. The van der Waals surface area contributed by atoms with E-state index in [4.69, 9.17) is 26.1 Å². The van der Waals surface area contributed by atoms with Crippen molar-refractivity contribution in [2.75, 3.05) is 38.2 Å². The lowest BCUT2D eigenvalue weighted by Gasteiger charge is -2.29. The van der Waals surface area contributed by atoms with Crippen LogP contribution < -0.4 is 5.32 Å². The number of phosphoric ester groups is 1. The minimum Gasteiger partial charge on any atom is -0.496 e. The van der Waals surface area contributed by atoms with Gasteiger partial charge in [0.2, 0.25) is 0 Å². The Hall–Kier alpha value is -2.38. The average molecular weight is 646 g/mol. The molecule has 3 N–H and O–H groups in total. The Morgan fingerprint density at radius 3 is 2.67 bits per heavy atom. The number of hydrogen-bond donors (Lipinski definition) is 3. The van der Waals surface area contributed by atoms with Gasteiger partial charge in [0.25, 0.3) is 6.43 Å². The standard InChI is InChI=1S/C27H31ClF2N3O7PS/c28-18-14-22-25-21(17-3-1-4-20(13-17)42(37,38)19-5-6-19)7-8-23(26(25)32-27(22)31-15-18)39-11-2-9-33(16-24(29)30)10-12-40-41(34,35)36/h1,3-4,7-8,13-15,19,24-26H,2,5-6,9-12,16H2,(H,31,32)(H2,34,35,36). The number of benzene rings is 1. The number of allylic oxidation sites excluding steroid dienone is 2. The van der Waals surface area contributed by atoms with Crippen LogP contribution in [0, 0.1) is 0 Å². The van der Waals surface area contributed by atoms with E-state index in [1.165, 1.54) is 11.1 Å². The summed E-state index contributed by atoms with van der Waals surface area (Å²) in [6.45, 7) is -0.638. The molecule has 228 valence electrons. The van der Waals surface area contributed by atoms with Crippen molar-refractivity contribution in [1.82, 2.24) is 9.88 Å². The first kappa shape index (κ1) is 31.1. The Bertz CT molecular complexity index is 1530. The fourth-order valence-electron chi connectivity index (χ4n) is 5.28. The predicted molar refractivity (Wildman–Crippen MR) is 153 cm³/mol. The summed E-state index contributed by atoms with van der Waals surface area (Å²) in [5, 5.41) is 3.51. The highest BCUT2D eigenvalue weighted by atomic mass is 35.5. The van der Waals surface area contributed by atoms with Crippen molar-refractivity contribution in [1.29, 1.82) is 0 Å². The summed E-state index contributed by atoms with van der Waals surface area (Å²) in [7, 11) is -8.07. The highest BCUT2D eigenvalue weighted by Gasteiger charge is 2.42. The molecule has 2 atom stereocenters. The number of pyridine rings is 1. The van der Waals surface area contributed by atoms with Gasteiger partial charge in [0, 0.05) is 30.8 Å². The first-order chi connectivity index (χ1) is 19.9. The molecule has 0 spiro atoms. The van der Waals surface area contributed by atoms with Crippen molar-refractivity contribution in [3.8, 4) is 0 Å². The van der Waals surface area contributed by atoms with Gasteiger partial charge >= 0.3 is 7.82 Å². The molecule has 2 unspecified atom stereocenters. The van der Waals surface area contributed by atoms with E-state index < -0.39 is 30.6 Å². The fourth-order valence-corrected chi connectivity index (χ4v) is 7.47. The predicted octanol–water partition coefficient (Wildman–Crippen LogP) is 4.61. The summed E-state index contributed by atoms with van der Waals surface area (Å²) >= 11 is 6.30. The van der Waals surface area contributed by atoms with E-state index in [2.05, 4.69) is 14.8 Å². The van der Waals surface area contributed by atoms with Crippen molar-refractivity contribution in [3.05, 3.63) is 70.6 Å². The van der Waals surface area contributed by atoms with E-state index >= 15 is 0 Å². The van der Waals surface area contributed by atoms with Crippen molar-refractivity contribution < 1.29 is 40.8 Å². The van der Waals surface area contributed by atoms with Crippen LogP contribution in [-0.2, 0) is 23.7 Å². The topological polar surface area (TPSA) is 138 Å². The van der Waals surface area contributed by atoms with E-state index in [1.807, 2.05) is 24.3 Å². The van der Waals surface area contributed by atoms with Crippen LogP contribution >= 0.6 is 19.4 Å². The van der Waals surface area contributed by atoms with Crippen LogP contribution in [0.25, 0.3) is 5.57 Å². The van der Waals surface area contributed by atoms with Gasteiger partial charge in [0.1, 0.15) is 11.6 Å². The fraction of sp³-hybridized carbons (Fsp3) is 0.444. The van der Waals surface area contributed by atoms with Gasteiger partial charge in [-0.1, -0.05) is 29.8 Å². The SMILES string of the molecule is O=P(O)(O)OCCN(CCCOC1=CC=C(c2cccc(S(=O)(=O)C3CC3)c2)C2c3cc(Cl)cnc3NC12)CC(F)F. The second kappa shape index (κ2) is 12.7. The van der Waals surface area contributed by atoms with Gasteiger partial charge in [-0.2, -0.15) is 0 Å². The van der Waals surface area contributed by atoms with Gasteiger partial charge < -0.3 is 19.8 Å². The van der Waals surface area contributed by atoms with Crippen LogP contribution in [-0.4, -0.2) is 78.7 Å². The molecule has 0 amide bonds. The summed E-state index contributed by atoms with van der Waals surface area (Å²) in [5.41, 5.74) is 2.48. The maximum absolute atomic E-state index is 13.0. The van der Waals surface area contributed by atoms with Gasteiger partial charge in [-0.15, -0.1) is 0 Å². The molecule has 2 heterocycles. The normalized spacial score (nSPS) is 20.2. The highest BCUT2D eigenvalue weighted by Crippen LogP contribution is 2.49. The van der Waals surface area contributed by atoms with Crippen molar-refractivity contribution in [3.63, 3.8) is 0 Å². The van der Waals surface area contributed by atoms with E-state index in [0.717, 1.165) is 16.7 Å². The number of alkyl halides is 2. The zero-order valence-electron chi connectivity index (χ0n) is 22.4. The van der Waals surface area contributed by atoms with Crippen LogP contribution in [0.1, 0.15) is 36.3 Å². The number of aromatic nitrogens is 1. The van der Waals surface area contributed by atoms with Crippen LogP contribution in [0.3, 0.4) is 0 Å². The lowest BCUT2D eigenvalue weighted by Crippen LogP contribution is -2.33. The van der Waals surface area contributed by atoms with Crippen molar-refractivity contribution in [2.24, 2.45) is 0 Å². The maximum Gasteiger partial charge on any atom is 0.469 e. The molecule has 42 heavy (non-hydrogen) atoms. The Morgan fingerprint density at radius 1 is 1.17 bits per heavy atom. The number of sulfone groups is 1. The molecular weight excluding hydrogens is 615 g/mol. The van der Waals surface area contributed by atoms with Gasteiger partial charge in [0.05, 0.1) is 41.0 Å². The number of rotatable bonds is 14. The Labute approximate surface area is 247 Å². The largest absolute Gasteiger partial charge is 0.496 e. The van der Waals surface area contributed by atoms with Gasteiger partial charge in [-0.05, 0) is 54.7 Å². The lowest BCUT2D eigenvalue weighted by molar-refractivity contribution is 0.0712. The van der Waals surface area contributed by atoms with Gasteiger partial charge in [-0.3, -0.25) is 9.42 Å². The second-order valence-electron chi connectivity index (χ2n) is 10.4. The zero-order chi connectivity index (χ0) is 30.1. The molecule has 1 aromatic heterocycles. The van der Waals surface area contributed by atoms with Crippen LogP contribution in [0.4, 0.5) is 14.6 Å². The molecule has 2 aliphatic carbocycles. The minimum atomic E-state index is -4.69. The maximum atomic E-state index is 13.0. The van der Waals surface area contributed by atoms with Gasteiger partial charge in [-0.25, -0.2) is 26.7 Å². The Kier molecular flexibility index (Phi) is 9.39. The summed E-state index contributed by atoms with van der Waals surface area (Å²) in [4.78, 5) is 23.8. The smallest absolute Gasteiger partial charge is 0.469 e. The second-order valence-corrected chi connectivity index (χ2v) is 14.3. The number of nitrogens with zero attached hydrogens (tertiary/aromatic N) is 2. The molecule has 10 nitrogen and oxygen atoms in total. The first-order valence-electron chi connectivity index (χ1n) is 13.4. The molecule has 1 fully saturated rings. The molecule has 15 heteroatoms. The Morgan fingerprint density at radius 2 is 1.95 bits per heavy atom.